The van der Waals surface area contributed by atoms with E-state index in [-0.39, 0.29) is 23.3 Å². The molecule has 3 aliphatic rings. The Kier molecular flexibility index (Phi) is 2.72. The van der Waals surface area contributed by atoms with Crippen molar-refractivity contribution in [3.63, 3.8) is 0 Å². The maximum Gasteiger partial charge on any atom is 0.241 e. The Hall–Kier alpha value is -0.610. The lowest BCUT2D eigenvalue weighted by Crippen LogP contribution is -2.80. The van der Waals surface area contributed by atoms with Crippen LogP contribution in [0.3, 0.4) is 0 Å². The molecule has 1 amide bonds. The van der Waals surface area contributed by atoms with Gasteiger partial charge in [-0.3, -0.25) is 4.79 Å². The summed E-state index contributed by atoms with van der Waals surface area (Å²) in [6.45, 7) is 5.66. The minimum Gasteiger partial charge on any atom is -0.377 e. The third kappa shape index (κ3) is 1.42. The number of fused-ring (bicyclic) bond motifs is 1. The van der Waals surface area contributed by atoms with Gasteiger partial charge in [-0.25, -0.2) is 0 Å². The van der Waals surface area contributed by atoms with Crippen LogP contribution in [0.4, 0.5) is 0 Å². The summed E-state index contributed by atoms with van der Waals surface area (Å²) in [4.78, 5) is 12.5. The van der Waals surface area contributed by atoms with Gasteiger partial charge in [0.15, 0.2) is 0 Å². The predicted molar refractivity (Wildman–Crippen MR) is 68.9 cm³/mol. The average Bonchev–Trinajstić information content (AvgIpc) is 2.73. The molecule has 2 aliphatic carbocycles. The molecule has 3 atom stereocenters. The predicted octanol–water partition coefficient (Wildman–Crippen LogP) is 1.05. The van der Waals surface area contributed by atoms with Crippen molar-refractivity contribution in [1.29, 1.82) is 0 Å². The van der Waals surface area contributed by atoms with Crippen LogP contribution < -0.4 is 11.1 Å². The SMILES string of the molecule is CC1(C)C2OCCC2C1(N)C(=O)NCC1CCC1. The molecule has 1 heterocycles. The van der Waals surface area contributed by atoms with Crippen LogP contribution in [0, 0.1) is 17.3 Å². The summed E-state index contributed by atoms with van der Waals surface area (Å²) in [7, 11) is 0. The summed E-state index contributed by atoms with van der Waals surface area (Å²) in [5.74, 6) is 0.913. The first kappa shape index (κ1) is 12.4. The zero-order valence-electron chi connectivity index (χ0n) is 11.4. The molecule has 1 saturated heterocycles. The maximum absolute atomic E-state index is 12.5. The van der Waals surface area contributed by atoms with E-state index in [0.29, 0.717) is 5.92 Å². The van der Waals surface area contributed by atoms with Crippen molar-refractivity contribution in [3.05, 3.63) is 0 Å². The van der Waals surface area contributed by atoms with E-state index in [9.17, 15) is 4.79 Å². The summed E-state index contributed by atoms with van der Waals surface area (Å²) in [6, 6.07) is 0. The Morgan fingerprint density at radius 3 is 2.72 bits per heavy atom. The minimum atomic E-state index is -0.738. The van der Waals surface area contributed by atoms with Crippen LogP contribution in [0.2, 0.25) is 0 Å². The van der Waals surface area contributed by atoms with Crippen molar-refractivity contribution in [1.82, 2.24) is 5.32 Å². The van der Waals surface area contributed by atoms with Gasteiger partial charge in [0.1, 0.15) is 5.54 Å². The van der Waals surface area contributed by atoms with Crippen LogP contribution in [0.25, 0.3) is 0 Å². The smallest absolute Gasteiger partial charge is 0.241 e. The second-order valence-corrected chi connectivity index (χ2v) is 6.78. The molecule has 2 saturated carbocycles. The summed E-state index contributed by atoms with van der Waals surface area (Å²) in [5.41, 5.74) is 5.47. The summed E-state index contributed by atoms with van der Waals surface area (Å²) < 4.78 is 5.71. The lowest BCUT2D eigenvalue weighted by Gasteiger charge is -2.60. The highest BCUT2D eigenvalue weighted by Crippen LogP contribution is 2.58. The molecule has 3 N–H and O–H groups in total. The zero-order chi connectivity index (χ0) is 13.0. The molecule has 0 aromatic carbocycles. The molecule has 1 aliphatic heterocycles. The first-order valence-electron chi connectivity index (χ1n) is 7.16. The van der Waals surface area contributed by atoms with Crippen LogP contribution in [-0.2, 0) is 9.53 Å². The third-order valence-corrected chi connectivity index (χ3v) is 5.61. The van der Waals surface area contributed by atoms with Crippen molar-refractivity contribution in [2.24, 2.45) is 23.0 Å². The van der Waals surface area contributed by atoms with E-state index >= 15 is 0 Å². The van der Waals surface area contributed by atoms with Gasteiger partial charge < -0.3 is 15.8 Å². The number of carbonyl (C=O) groups is 1. The fourth-order valence-corrected chi connectivity index (χ4v) is 3.93. The number of rotatable bonds is 3. The lowest BCUT2D eigenvalue weighted by atomic mass is 9.48. The molecule has 4 heteroatoms. The standard InChI is InChI=1S/C14H24N2O2/c1-13(2)11-10(6-7-18-11)14(13,15)12(17)16-8-9-4-3-5-9/h9-11H,3-8,15H2,1-2H3,(H,16,17). The van der Waals surface area contributed by atoms with Crippen LogP contribution >= 0.6 is 0 Å². The van der Waals surface area contributed by atoms with Gasteiger partial charge in [-0.2, -0.15) is 0 Å². The highest BCUT2D eigenvalue weighted by atomic mass is 16.5. The third-order valence-electron chi connectivity index (χ3n) is 5.61. The number of nitrogens with two attached hydrogens (primary N) is 1. The van der Waals surface area contributed by atoms with Crippen molar-refractivity contribution >= 4 is 5.91 Å². The van der Waals surface area contributed by atoms with Gasteiger partial charge in [0.05, 0.1) is 6.10 Å². The van der Waals surface area contributed by atoms with E-state index in [1.807, 2.05) is 0 Å². The number of hydrogen-bond acceptors (Lipinski definition) is 3. The highest BCUT2D eigenvalue weighted by Gasteiger charge is 2.71. The Labute approximate surface area is 109 Å². The molecular formula is C14H24N2O2. The molecular weight excluding hydrogens is 228 g/mol. The van der Waals surface area contributed by atoms with Crippen molar-refractivity contribution < 1.29 is 9.53 Å². The topological polar surface area (TPSA) is 64.3 Å². The quantitative estimate of drug-likeness (QED) is 0.789. The number of amides is 1. The van der Waals surface area contributed by atoms with Crippen LogP contribution in [0.5, 0.6) is 0 Å². The second kappa shape index (κ2) is 3.94. The number of hydrogen-bond donors (Lipinski definition) is 2. The molecule has 4 nitrogen and oxygen atoms in total. The molecule has 102 valence electrons. The molecule has 18 heavy (non-hydrogen) atoms. The number of nitrogens with one attached hydrogen (secondary N) is 1. The number of ether oxygens (including phenoxy) is 1. The molecule has 0 aromatic heterocycles. The van der Waals surface area contributed by atoms with Gasteiger partial charge in [-0.05, 0) is 25.2 Å². The summed E-state index contributed by atoms with van der Waals surface area (Å²) in [5, 5.41) is 3.08. The molecule has 3 unspecified atom stereocenters. The van der Waals surface area contributed by atoms with Crippen LogP contribution in [0.15, 0.2) is 0 Å². The summed E-state index contributed by atoms with van der Waals surface area (Å²) in [6.07, 6.45) is 4.88. The molecule has 3 rings (SSSR count). The Balaban J connectivity index is 1.67. The van der Waals surface area contributed by atoms with Gasteiger partial charge in [-0.1, -0.05) is 20.3 Å². The minimum absolute atomic E-state index is 0.0335. The molecule has 0 aromatic rings. The largest absolute Gasteiger partial charge is 0.377 e. The van der Waals surface area contributed by atoms with E-state index in [1.165, 1.54) is 19.3 Å². The Morgan fingerprint density at radius 2 is 2.11 bits per heavy atom. The fraction of sp³-hybridized carbons (Fsp3) is 0.929. The normalized spacial score (nSPS) is 41.7. The summed E-state index contributed by atoms with van der Waals surface area (Å²) >= 11 is 0. The van der Waals surface area contributed by atoms with Gasteiger partial charge in [-0.15, -0.1) is 0 Å². The maximum atomic E-state index is 12.5. The molecule has 0 bridgehead atoms. The lowest BCUT2D eigenvalue weighted by molar-refractivity contribution is -0.175. The fourth-order valence-electron chi connectivity index (χ4n) is 3.93. The van der Waals surface area contributed by atoms with E-state index in [1.54, 1.807) is 0 Å². The Bertz CT molecular complexity index is 365. The zero-order valence-corrected chi connectivity index (χ0v) is 11.4. The first-order valence-corrected chi connectivity index (χ1v) is 7.16. The van der Waals surface area contributed by atoms with Gasteiger partial charge in [0, 0.05) is 24.5 Å². The highest BCUT2D eigenvalue weighted by molar-refractivity contribution is 5.89. The van der Waals surface area contributed by atoms with Gasteiger partial charge >= 0.3 is 0 Å². The average molecular weight is 252 g/mol. The van der Waals surface area contributed by atoms with Crippen molar-refractivity contribution in [3.8, 4) is 0 Å². The van der Waals surface area contributed by atoms with Crippen LogP contribution in [0.1, 0.15) is 39.5 Å². The van der Waals surface area contributed by atoms with E-state index in [2.05, 4.69) is 19.2 Å². The monoisotopic (exact) mass is 252 g/mol. The van der Waals surface area contributed by atoms with Crippen LogP contribution in [-0.4, -0.2) is 30.7 Å². The van der Waals surface area contributed by atoms with Gasteiger partial charge in [0.25, 0.3) is 0 Å². The van der Waals surface area contributed by atoms with E-state index in [0.717, 1.165) is 19.6 Å². The first-order chi connectivity index (χ1) is 8.48. The van der Waals surface area contributed by atoms with Crippen molar-refractivity contribution in [2.75, 3.05) is 13.2 Å². The van der Waals surface area contributed by atoms with Crippen molar-refractivity contribution in [2.45, 2.75) is 51.2 Å². The molecule has 0 radical (unpaired) electrons. The molecule has 3 fully saturated rings. The number of carbonyl (C=O) groups excluding carboxylic acids is 1. The second-order valence-electron chi connectivity index (χ2n) is 6.78. The van der Waals surface area contributed by atoms with E-state index < -0.39 is 5.54 Å². The Morgan fingerprint density at radius 1 is 1.39 bits per heavy atom. The molecule has 0 spiro atoms. The van der Waals surface area contributed by atoms with Gasteiger partial charge in [0.2, 0.25) is 5.91 Å². The van der Waals surface area contributed by atoms with E-state index in [4.69, 9.17) is 10.5 Å².